The smallest absolute Gasteiger partial charge is 0.248 e. The zero-order valence-corrected chi connectivity index (χ0v) is 30.0. The summed E-state index contributed by atoms with van der Waals surface area (Å²) in [6, 6.07) is 11.3. The molecule has 14 heteroatoms. The van der Waals surface area contributed by atoms with Crippen LogP contribution in [0.25, 0.3) is 22.4 Å². The molecule has 3 N–H and O–H groups in total. The first-order chi connectivity index (χ1) is 24.2. The summed E-state index contributed by atoms with van der Waals surface area (Å²) in [6.45, 7) is 1.63. The molecule has 3 aromatic carbocycles. The fourth-order valence-electron chi connectivity index (χ4n) is 6.23. The summed E-state index contributed by atoms with van der Waals surface area (Å²) in [5.41, 5.74) is 4.43. The van der Waals surface area contributed by atoms with Crippen molar-refractivity contribution in [2.24, 2.45) is 0 Å². The minimum Gasteiger partial charge on any atom is -0.493 e. The number of hydrogen-bond donors (Lipinski definition) is 3. The Balaban J connectivity index is 1.34. The SMILES string of the molecule is COc1cc2c(c(OC)c1OC)-c1ccc(N[C@@H](CCSC)C(=O)Nc3nc(-c4ccc5c(c4)OCO5)cs3)c(=O)cc1[C@@H](NC(C)=O)CC2. The van der Waals surface area contributed by atoms with Gasteiger partial charge >= 0.3 is 0 Å². The maximum absolute atomic E-state index is 13.9. The molecule has 2 atom stereocenters. The molecule has 0 saturated carbocycles. The van der Waals surface area contributed by atoms with Crippen LogP contribution >= 0.6 is 23.1 Å². The molecule has 4 aromatic rings. The van der Waals surface area contributed by atoms with Gasteiger partial charge in [0.05, 0.1) is 38.8 Å². The number of ether oxygens (including phenoxy) is 5. The van der Waals surface area contributed by atoms with Gasteiger partial charge in [0.1, 0.15) is 6.04 Å². The Hall–Kier alpha value is -4.95. The number of rotatable bonds is 12. The van der Waals surface area contributed by atoms with E-state index in [1.807, 2.05) is 42.0 Å². The van der Waals surface area contributed by atoms with Crippen molar-refractivity contribution in [1.82, 2.24) is 10.3 Å². The molecule has 2 heterocycles. The second kappa shape index (κ2) is 15.3. The number of hydrogen-bond acceptors (Lipinski definition) is 12. The maximum atomic E-state index is 13.9. The maximum Gasteiger partial charge on any atom is 0.248 e. The van der Waals surface area contributed by atoms with E-state index in [9.17, 15) is 14.4 Å². The molecule has 0 unspecified atom stereocenters. The largest absolute Gasteiger partial charge is 0.493 e. The van der Waals surface area contributed by atoms with Crippen LogP contribution in [-0.4, -0.2) is 63.0 Å². The highest BCUT2D eigenvalue weighted by atomic mass is 32.2. The van der Waals surface area contributed by atoms with E-state index in [0.29, 0.717) is 75.7 Å². The van der Waals surface area contributed by atoms with Crippen molar-refractivity contribution >= 4 is 45.7 Å². The van der Waals surface area contributed by atoms with Crippen LogP contribution in [0.2, 0.25) is 0 Å². The monoisotopic (exact) mass is 718 g/mol. The van der Waals surface area contributed by atoms with Gasteiger partial charge in [-0.2, -0.15) is 11.8 Å². The zero-order valence-electron chi connectivity index (χ0n) is 28.3. The van der Waals surface area contributed by atoms with E-state index in [4.69, 9.17) is 23.7 Å². The lowest BCUT2D eigenvalue weighted by Gasteiger charge is -2.19. The molecule has 6 rings (SSSR count). The van der Waals surface area contributed by atoms with E-state index < -0.39 is 12.1 Å². The van der Waals surface area contributed by atoms with Gasteiger partial charge in [-0.15, -0.1) is 11.3 Å². The number of amides is 2. The molecule has 12 nitrogen and oxygen atoms in total. The van der Waals surface area contributed by atoms with E-state index in [2.05, 4.69) is 20.9 Å². The molecule has 0 saturated heterocycles. The number of thiazole rings is 1. The highest BCUT2D eigenvalue weighted by Crippen LogP contribution is 2.50. The van der Waals surface area contributed by atoms with Crippen molar-refractivity contribution in [3.63, 3.8) is 0 Å². The van der Waals surface area contributed by atoms with Crippen LogP contribution in [0, 0.1) is 0 Å². The Morgan fingerprint density at radius 1 is 1.04 bits per heavy atom. The molecule has 0 radical (unpaired) electrons. The Kier molecular flexibility index (Phi) is 10.7. The van der Waals surface area contributed by atoms with E-state index in [1.165, 1.54) is 31.4 Å². The Bertz CT molecular complexity index is 1980. The van der Waals surface area contributed by atoms with Crippen molar-refractivity contribution in [2.75, 3.05) is 50.8 Å². The molecule has 2 amide bonds. The second-order valence-electron chi connectivity index (χ2n) is 11.7. The van der Waals surface area contributed by atoms with Gasteiger partial charge < -0.3 is 39.6 Å². The lowest BCUT2D eigenvalue weighted by molar-refractivity contribution is -0.120. The molecular weight excluding hydrogens is 681 g/mol. The molecule has 50 heavy (non-hydrogen) atoms. The van der Waals surface area contributed by atoms with Crippen LogP contribution in [-0.2, 0) is 16.0 Å². The van der Waals surface area contributed by atoms with Gasteiger partial charge in [-0.25, -0.2) is 4.98 Å². The standard InChI is InChI=1S/C36H38N4O8S2/c1-19(41)37-24-9-6-21-15-31(44-2)33(45-3)34(46-4)32(21)22-8-10-25(28(42)16-23(22)24)38-26(12-13-49-5)35(43)40-36-39-27(17-50-36)20-7-11-29-30(14-20)48-18-47-29/h7-8,10-11,14-17,24,26H,6,9,12-13,18H2,1-5H3,(H,37,41)(H,38,42)(H,39,40,43)/t24-,26-/m0/s1. The number of nitrogens with one attached hydrogen (secondary N) is 3. The van der Waals surface area contributed by atoms with Crippen LogP contribution in [0.3, 0.4) is 0 Å². The molecule has 0 fully saturated rings. The Labute approximate surface area is 297 Å². The van der Waals surface area contributed by atoms with Gasteiger partial charge in [0.25, 0.3) is 0 Å². The van der Waals surface area contributed by atoms with E-state index in [1.54, 1.807) is 32.0 Å². The summed E-state index contributed by atoms with van der Waals surface area (Å²) in [4.78, 5) is 44.6. The highest BCUT2D eigenvalue weighted by Gasteiger charge is 2.30. The minimum atomic E-state index is -0.743. The van der Waals surface area contributed by atoms with Crippen LogP contribution in [0.5, 0.6) is 28.7 Å². The van der Waals surface area contributed by atoms with Gasteiger partial charge in [-0.3, -0.25) is 14.4 Å². The van der Waals surface area contributed by atoms with Gasteiger partial charge in [0.15, 0.2) is 28.1 Å². The van der Waals surface area contributed by atoms with Crippen molar-refractivity contribution in [3.05, 3.63) is 69.2 Å². The topological polar surface area (TPSA) is 146 Å². The van der Waals surface area contributed by atoms with Gasteiger partial charge in [0, 0.05) is 23.4 Å². The number of carbonyl (C=O) groups excluding carboxylic acids is 2. The third-order valence-electron chi connectivity index (χ3n) is 8.58. The van der Waals surface area contributed by atoms with E-state index in [-0.39, 0.29) is 29.7 Å². The number of anilines is 2. The fraction of sp³-hybridized carbons (Fsp3) is 0.333. The molecule has 1 aliphatic heterocycles. The lowest BCUT2D eigenvalue weighted by atomic mass is 9.95. The number of carbonyl (C=O) groups is 2. The second-order valence-corrected chi connectivity index (χ2v) is 13.5. The summed E-state index contributed by atoms with van der Waals surface area (Å²) in [5, 5.41) is 11.5. The van der Waals surface area contributed by atoms with E-state index >= 15 is 0 Å². The first kappa shape index (κ1) is 34.9. The summed E-state index contributed by atoms with van der Waals surface area (Å²) in [7, 11) is 4.65. The predicted octanol–water partition coefficient (Wildman–Crippen LogP) is 5.89. The molecule has 262 valence electrons. The normalized spacial score (nSPS) is 14.8. The summed E-state index contributed by atoms with van der Waals surface area (Å²) < 4.78 is 28.1. The van der Waals surface area contributed by atoms with Crippen LogP contribution in [0.1, 0.15) is 36.9 Å². The van der Waals surface area contributed by atoms with Crippen molar-refractivity contribution < 1.29 is 33.3 Å². The Morgan fingerprint density at radius 2 is 1.84 bits per heavy atom. The number of aromatic nitrogens is 1. The first-order valence-electron chi connectivity index (χ1n) is 15.9. The number of thioether (sulfide) groups is 1. The molecule has 2 aliphatic rings. The molecule has 1 aliphatic carbocycles. The van der Waals surface area contributed by atoms with Gasteiger partial charge in [0.2, 0.25) is 29.8 Å². The number of aryl methyl sites for hydroxylation is 1. The van der Waals surface area contributed by atoms with Gasteiger partial charge in [-0.1, -0.05) is 6.07 Å². The highest BCUT2D eigenvalue weighted by molar-refractivity contribution is 7.98. The molecule has 0 bridgehead atoms. The molecular formula is C36H38N4O8S2. The third-order valence-corrected chi connectivity index (χ3v) is 9.98. The van der Waals surface area contributed by atoms with Gasteiger partial charge in [-0.05, 0) is 84.4 Å². The summed E-state index contributed by atoms with van der Waals surface area (Å²) >= 11 is 2.91. The van der Waals surface area contributed by atoms with Crippen molar-refractivity contribution in [3.8, 4) is 51.1 Å². The average Bonchev–Trinajstić information content (AvgIpc) is 3.72. The predicted molar refractivity (Wildman–Crippen MR) is 195 cm³/mol. The number of benzene rings is 2. The Morgan fingerprint density at radius 3 is 2.58 bits per heavy atom. The summed E-state index contributed by atoms with van der Waals surface area (Å²) in [5.74, 6) is 2.85. The van der Waals surface area contributed by atoms with Crippen LogP contribution in [0.15, 0.2) is 52.6 Å². The third kappa shape index (κ3) is 7.17. The van der Waals surface area contributed by atoms with Crippen molar-refractivity contribution in [1.29, 1.82) is 0 Å². The fourth-order valence-corrected chi connectivity index (χ4v) is 7.43. The summed E-state index contributed by atoms with van der Waals surface area (Å²) in [6.07, 6.45) is 3.53. The number of nitrogens with zero attached hydrogens (tertiary/aromatic N) is 1. The van der Waals surface area contributed by atoms with Crippen LogP contribution in [0.4, 0.5) is 10.8 Å². The lowest BCUT2D eigenvalue weighted by Crippen LogP contribution is -2.36. The average molecular weight is 719 g/mol. The van der Waals surface area contributed by atoms with Crippen LogP contribution < -0.4 is 45.1 Å². The molecule has 1 aromatic heterocycles. The van der Waals surface area contributed by atoms with E-state index in [0.717, 1.165) is 16.7 Å². The molecule has 0 spiro atoms. The zero-order chi connectivity index (χ0) is 35.4. The van der Waals surface area contributed by atoms with Crippen molar-refractivity contribution in [2.45, 2.75) is 38.3 Å². The number of fused-ring (bicyclic) bond motifs is 4. The minimum absolute atomic E-state index is 0.177. The quantitative estimate of drug-likeness (QED) is 0.161. The first-order valence-corrected chi connectivity index (χ1v) is 18.2. The number of methoxy groups -OCH3 is 3.